The molecule has 0 bridgehead atoms. The maximum atomic E-state index is 7.27. The first-order valence-electron chi connectivity index (χ1n) is 9.31. The van der Waals surface area contributed by atoms with Crippen LogP contribution in [0.3, 0.4) is 0 Å². The van der Waals surface area contributed by atoms with Gasteiger partial charge in [0, 0.05) is 11.0 Å². The summed E-state index contributed by atoms with van der Waals surface area (Å²) in [6.07, 6.45) is 7.49. The Morgan fingerprint density at radius 1 is 0.800 bits per heavy atom. The van der Waals surface area contributed by atoms with E-state index in [1.54, 1.807) is 0 Å². The maximum absolute atomic E-state index is 7.27. The van der Waals surface area contributed by atoms with Crippen molar-refractivity contribution in [3.05, 3.63) is 0 Å². The Hall–Kier alpha value is -0.0400. The smallest absolute Gasteiger partial charge is 0.0290 e. The Kier molecular flexibility index (Phi) is 1.60. The van der Waals surface area contributed by atoms with E-state index in [0.717, 1.165) is 47.3 Å². The summed E-state index contributed by atoms with van der Waals surface area (Å²) in [5.74, 6) is 7.82. The van der Waals surface area contributed by atoms with Crippen molar-refractivity contribution < 1.29 is 0 Å². The van der Waals surface area contributed by atoms with Crippen LogP contribution >= 0.6 is 0 Å². The molecule has 20 heavy (non-hydrogen) atoms. The molecule has 1 heteroatoms. The molecule has 110 valence electrons. The van der Waals surface area contributed by atoms with E-state index in [1.165, 1.54) is 32.1 Å². The molecule has 2 N–H and O–H groups in total. The minimum absolute atomic E-state index is 0.275. The summed E-state index contributed by atoms with van der Waals surface area (Å²) in [5, 5.41) is 0. The molecular formula is C19H29N. The molecule has 0 amide bonds. The molecular weight excluding hydrogens is 242 g/mol. The molecule has 1 spiro atoms. The van der Waals surface area contributed by atoms with E-state index in [2.05, 4.69) is 20.8 Å². The fourth-order valence-electron chi connectivity index (χ4n) is 10.4. The second kappa shape index (κ2) is 2.77. The highest BCUT2D eigenvalue weighted by Gasteiger charge is 3.03. The summed E-state index contributed by atoms with van der Waals surface area (Å²) in [5.41, 5.74) is 8.88. The second-order valence-corrected chi connectivity index (χ2v) is 9.86. The molecule has 6 aliphatic carbocycles. The third-order valence-electron chi connectivity index (χ3n) is 10.3. The zero-order valence-electron chi connectivity index (χ0n) is 13.2. The summed E-state index contributed by atoms with van der Waals surface area (Å²) in [4.78, 5) is 0. The van der Waals surface area contributed by atoms with E-state index < -0.39 is 0 Å². The molecule has 0 aliphatic heterocycles. The fraction of sp³-hybridized carbons (Fsp3) is 1.00. The fourth-order valence-corrected chi connectivity index (χ4v) is 10.4. The predicted molar refractivity (Wildman–Crippen MR) is 79.8 cm³/mol. The molecule has 0 heterocycles. The van der Waals surface area contributed by atoms with Crippen LogP contribution in [0.15, 0.2) is 0 Å². The van der Waals surface area contributed by atoms with Crippen LogP contribution in [0.1, 0.15) is 52.9 Å². The monoisotopic (exact) mass is 271 g/mol. The number of hydrogen-bond donors (Lipinski definition) is 1. The highest BCUT2D eigenvalue weighted by molar-refractivity contribution is 5.52. The number of hydrogen-bond acceptors (Lipinski definition) is 1. The highest BCUT2D eigenvalue weighted by Crippen LogP contribution is 3.02. The van der Waals surface area contributed by atoms with Gasteiger partial charge in [0.2, 0.25) is 0 Å². The molecule has 0 aromatic carbocycles. The molecule has 0 saturated heterocycles. The van der Waals surface area contributed by atoms with Gasteiger partial charge in [0.25, 0.3) is 0 Å². The van der Waals surface area contributed by atoms with E-state index in [1.807, 2.05) is 0 Å². The Balaban J connectivity index is 1.56. The standard InChI is InChI=1S/C19H29N/c1-9-7-8-10(2)14-16-12-6-4-5-11-15-13(9)19(14,20)18(15,16)17(11,12)3/h9-16H,4-8,20H2,1-3H3. The molecule has 8 unspecified atom stereocenters. The minimum atomic E-state index is 0.275. The van der Waals surface area contributed by atoms with Gasteiger partial charge < -0.3 is 5.73 Å². The van der Waals surface area contributed by atoms with Crippen LogP contribution in [0.4, 0.5) is 0 Å². The van der Waals surface area contributed by atoms with Crippen molar-refractivity contribution in [2.24, 2.45) is 63.9 Å². The lowest BCUT2D eigenvalue weighted by molar-refractivity contribution is -0.557. The van der Waals surface area contributed by atoms with Crippen molar-refractivity contribution in [2.45, 2.75) is 58.4 Å². The number of fused-ring (bicyclic) bond motifs is 4. The third kappa shape index (κ3) is 0.653. The normalized spacial score (nSPS) is 78.6. The van der Waals surface area contributed by atoms with Crippen molar-refractivity contribution in [3.8, 4) is 0 Å². The first kappa shape index (κ1) is 11.5. The van der Waals surface area contributed by atoms with Crippen LogP contribution in [0.25, 0.3) is 0 Å². The van der Waals surface area contributed by atoms with Crippen molar-refractivity contribution in [3.63, 3.8) is 0 Å². The minimum Gasteiger partial charge on any atom is -0.324 e. The predicted octanol–water partition coefficient (Wildman–Crippen LogP) is 3.68. The third-order valence-corrected chi connectivity index (χ3v) is 10.3. The van der Waals surface area contributed by atoms with Crippen LogP contribution in [-0.4, -0.2) is 5.54 Å². The first-order chi connectivity index (χ1) is 9.52. The van der Waals surface area contributed by atoms with Gasteiger partial charge in [-0.15, -0.1) is 0 Å². The number of rotatable bonds is 0. The lowest BCUT2D eigenvalue weighted by atomic mass is 9.00. The Morgan fingerprint density at radius 3 is 1.80 bits per heavy atom. The Morgan fingerprint density at radius 2 is 1.30 bits per heavy atom. The van der Waals surface area contributed by atoms with Crippen molar-refractivity contribution in [2.75, 3.05) is 0 Å². The SMILES string of the molecule is CC1CCC(C)C2C3C4CCCC5C6C1C2(N)C63C54C. The van der Waals surface area contributed by atoms with E-state index in [9.17, 15) is 0 Å². The van der Waals surface area contributed by atoms with E-state index in [4.69, 9.17) is 5.73 Å². The van der Waals surface area contributed by atoms with Gasteiger partial charge in [-0.3, -0.25) is 0 Å². The average molecular weight is 271 g/mol. The van der Waals surface area contributed by atoms with Crippen molar-refractivity contribution >= 4 is 0 Å². The quantitative estimate of drug-likeness (QED) is 0.714. The first-order valence-corrected chi connectivity index (χ1v) is 9.31. The lowest BCUT2D eigenvalue weighted by Gasteiger charge is -3.04. The van der Waals surface area contributed by atoms with Crippen LogP contribution in [0, 0.1) is 58.2 Å². The molecule has 1 nitrogen and oxygen atoms in total. The van der Waals surface area contributed by atoms with Gasteiger partial charge in [0.15, 0.2) is 0 Å². The van der Waals surface area contributed by atoms with Crippen LogP contribution in [0.2, 0.25) is 0 Å². The van der Waals surface area contributed by atoms with Gasteiger partial charge in [-0.25, -0.2) is 0 Å². The van der Waals surface area contributed by atoms with Crippen LogP contribution in [0.5, 0.6) is 0 Å². The topological polar surface area (TPSA) is 26.0 Å². The van der Waals surface area contributed by atoms with Gasteiger partial charge >= 0.3 is 0 Å². The largest absolute Gasteiger partial charge is 0.324 e. The van der Waals surface area contributed by atoms with E-state index in [-0.39, 0.29) is 5.54 Å². The Labute approximate surface area is 123 Å². The molecule has 6 saturated carbocycles. The summed E-state index contributed by atoms with van der Waals surface area (Å²) >= 11 is 0. The molecule has 8 atom stereocenters. The summed E-state index contributed by atoms with van der Waals surface area (Å²) in [6.45, 7) is 7.72. The van der Waals surface area contributed by atoms with Crippen LogP contribution in [-0.2, 0) is 0 Å². The average Bonchev–Trinajstić information content (AvgIpc) is 2.44. The highest BCUT2D eigenvalue weighted by atomic mass is 15.1. The van der Waals surface area contributed by atoms with Crippen LogP contribution < -0.4 is 5.73 Å². The lowest BCUT2D eigenvalue weighted by Crippen LogP contribution is -3.07. The maximum Gasteiger partial charge on any atom is 0.0290 e. The molecule has 0 radical (unpaired) electrons. The zero-order chi connectivity index (χ0) is 13.7. The Bertz CT molecular complexity index is 488. The van der Waals surface area contributed by atoms with Gasteiger partial charge in [-0.1, -0.05) is 40.0 Å². The van der Waals surface area contributed by atoms with Gasteiger partial charge in [-0.05, 0) is 65.6 Å². The molecule has 6 fully saturated rings. The van der Waals surface area contributed by atoms with Gasteiger partial charge in [0.05, 0.1) is 0 Å². The van der Waals surface area contributed by atoms with E-state index >= 15 is 0 Å². The molecule has 0 aromatic heterocycles. The zero-order valence-corrected chi connectivity index (χ0v) is 13.2. The van der Waals surface area contributed by atoms with Gasteiger partial charge in [0.1, 0.15) is 0 Å². The van der Waals surface area contributed by atoms with Crippen molar-refractivity contribution in [1.29, 1.82) is 0 Å². The van der Waals surface area contributed by atoms with Gasteiger partial charge in [-0.2, -0.15) is 0 Å². The van der Waals surface area contributed by atoms with Crippen molar-refractivity contribution in [1.82, 2.24) is 0 Å². The molecule has 0 aromatic rings. The molecule has 6 aliphatic rings. The summed E-state index contributed by atoms with van der Waals surface area (Å²) in [7, 11) is 0. The summed E-state index contributed by atoms with van der Waals surface area (Å²) in [6, 6.07) is 0. The second-order valence-electron chi connectivity index (χ2n) is 9.86. The van der Waals surface area contributed by atoms with E-state index in [0.29, 0.717) is 10.8 Å². The summed E-state index contributed by atoms with van der Waals surface area (Å²) < 4.78 is 0. The number of nitrogens with two attached hydrogens (primary N) is 1. The molecule has 6 rings (SSSR count).